The first kappa shape index (κ1) is 32.4. The van der Waals surface area contributed by atoms with Crippen molar-refractivity contribution in [2.75, 3.05) is 56.6 Å². The van der Waals surface area contributed by atoms with Crippen molar-refractivity contribution in [3.8, 4) is 5.75 Å². The maximum absolute atomic E-state index is 13.9. The number of fused-ring (bicyclic) bond motifs is 3. The highest BCUT2D eigenvalue weighted by atomic mass is 19.2. The van der Waals surface area contributed by atoms with Crippen LogP contribution in [0.5, 0.6) is 5.75 Å². The molecule has 1 aliphatic heterocycles. The Balaban J connectivity index is 1.09. The second-order valence-corrected chi connectivity index (χ2v) is 12.0. The van der Waals surface area contributed by atoms with E-state index in [0.29, 0.717) is 19.0 Å². The van der Waals surface area contributed by atoms with Gasteiger partial charge in [-0.1, -0.05) is 13.3 Å². The summed E-state index contributed by atoms with van der Waals surface area (Å²) in [5, 5.41) is 0.969. The number of ether oxygens (including phenoxy) is 2. The van der Waals surface area contributed by atoms with E-state index in [1.165, 1.54) is 13.8 Å². The molecular formula is C32H38F4N6O3. The topological polar surface area (TPSA) is 110 Å². The number of hydrogen-bond acceptors (Lipinski definition) is 8. The molecule has 0 saturated carbocycles. The third kappa shape index (κ3) is 7.14. The molecule has 0 radical (unpaired) electrons. The molecule has 242 valence electrons. The highest BCUT2D eigenvalue weighted by molar-refractivity contribution is 6.07. The van der Waals surface area contributed by atoms with Crippen molar-refractivity contribution in [1.82, 2.24) is 19.9 Å². The molecule has 0 spiro atoms. The molecule has 3 heterocycles. The summed E-state index contributed by atoms with van der Waals surface area (Å²) in [4.78, 5) is 29.9. The van der Waals surface area contributed by atoms with Gasteiger partial charge in [0.05, 0.1) is 17.5 Å². The number of pyridine rings is 1. The Kier molecular flexibility index (Phi) is 9.78. The van der Waals surface area contributed by atoms with Crippen LogP contribution in [0.4, 0.5) is 29.1 Å². The molecule has 9 nitrogen and oxygen atoms in total. The second kappa shape index (κ2) is 13.6. The molecule has 1 fully saturated rings. The van der Waals surface area contributed by atoms with E-state index in [0.717, 1.165) is 78.9 Å². The zero-order chi connectivity index (χ0) is 32.3. The van der Waals surface area contributed by atoms with Crippen LogP contribution in [0.2, 0.25) is 0 Å². The molecule has 45 heavy (non-hydrogen) atoms. The fourth-order valence-corrected chi connectivity index (χ4v) is 5.29. The minimum absolute atomic E-state index is 0.0560. The Labute approximate surface area is 258 Å². The van der Waals surface area contributed by atoms with Gasteiger partial charge in [0.15, 0.2) is 11.6 Å². The number of nitrogens with zero attached hydrogens (tertiary/aromatic N) is 4. The molecule has 5 rings (SSSR count). The summed E-state index contributed by atoms with van der Waals surface area (Å²) in [6.07, 6.45) is 3.16. The van der Waals surface area contributed by atoms with Gasteiger partial charge in [-0.25, -0.2) is 18.7 Å². The Hall–Kier alpha value is -3.97. The van der Waals surface area contributed by atoms with Crippen LogP contribution in [-0.4, -0.2) is 71.8 Å². The van der Waals surface area contributed by atoms with Gasteiger partial charge < -0.3 is 25.1 Å². The zero-order valence-corrected chi connectivity index (χ0v) is 25.7. The molecule has 0 amide bonds. The summed E-state index contributed by atoms with van der Waals surface area (Å²) in [6.45, 7) is 9.76. The van der Waals surface area contributed by atoms with Crippen LogP contribution in [0.15, 0.2) is 24.3 Å². The van der Waals surface area contributed by atoms with Crippen molar-refractivity contribution < 1.29 is 31.8 Å². The number of halogens is 4. The fraction of sp³-hybridized carbons (Fsp3) is 0.469. The summed E-state index contributed by atoms with van der Waals surface area (Å²) in [5.74, 6) is -7.86. The van der Waals surface area contributed by atoms with Gasteiger partial charge in [0.1, 0.15) is 22.7 Å². The van der Waals surface area contributed by atoms with Crippen molar-refractivity contribution in [3.63, 3.8) is 0 Å². The number of H-pyrrole nitrogens is 1. The Morgan fingerprint density at radius 1 is 1.02 bits per heavy atom. The van der Waals surface area contributed by atoms with Gasteiger partial charge in [-0.15, -0.1) is 0 Å². The van der Waals surface area contributed by atoms with E-state index in [9.17, 15) is 22.4 Å². The SMILES string of the molecule is CCCCc1nc2c([nH]1)c(N)nc1ccc(N3CCN(CCOCCC(C)(C)C(=O)Oc4c(F)c(F)cc(F)c4F)CC3)cc12. The van der Waals surface area contributed by atoms with Gasteiger partial charge in [-0.2, -0.15) is 8.78 Å². The summed E-state index contributed by atoms with van der Waals surface area (Å²) in [6, 6.07) is 6.24. The van der Waals surface area contributed by atoms with Gasteiger partial charge in [0, 0.05) is 62.9 Å². The van der Waals surface area contributed by atoms with E-state index in [2.05, 4.69) is 38.8 Å². The normalized spacial score (nSPS) is 14.5. The number of nitrogens with one attached hydrogen (secondary N) is 1. The lowest BCUT2D eigenvalue weighted by Crippen LogP contribution is -2.47. The third-order valence-corrected chi connectivity index (χ3v) is 8.23. The van der Waals surface area contributed by atoms with Crippen LogP contribution in [0.25, 0.3) is 21.9 Å². The number of aryl methyl sites for hydroxylation is 1. The number of carbonyl (C=O) groups excluding carboxylic acids is 1. The van der Waals surface area contributed by atoms with Crippen molar-refractivity contribution in [3.05, 3.63) is 53.4 Å². The van der Waals surface area contributed by atoms with Crippen LogP contribution in [0, 0.1) is 28.7 Å². The maximum Gasteiger partial charge on any atom is 0.317 e. The fourth-order valence-electron chi connectivity index (χ4n) is 5.29. The lowest BCUT2D eigenvalue weighted by atomic mass is 9.90. The Bertz CT molecular complexity index is 1660. The number of nitrogen functional groups attached to an aromatic ring is 1. The highest BCUT2D eigenvalue weighted by Gasteiger charge is 2.33. The lowest BCUT2D eigenvalue weighted by Gasteiger charge is -2.36. The number of unbranched alkanes of at least 4 members (excludes halogenated alkanes) is 1. The number of carbonyl (C=O) groups is 1. The number of esters is 1. The van der Waals surface area contributed by atoms with E-state index >= 15 is 0 Å². The average Bonchev–Trinajstić information content (AvgIpc) is 3.46. The molecule has 0 aliphatic carbocycles. The zero-order valence-electron chi connectivity index (χ0n) is 25.7. The third-order valence-electron chi connectivity index (χ3n) is 8.23. The molecule has 1 saturated heterocycles. The Morgan fingerprint density at radius 3 is 2.42 bits per heavy atom. The molecule has 4 aromatic rings. The molecule has 2 aromatic carbocycles. The van der Waals surface area contributed by atoms with Crippen LogP contribution in [0.3, 0.4) is 0 Å². The predicted octanol–water partition coefficient (Wildman–Crippen LogP) is 5.75. The molecule has 2 aromatic heterocycles. The van der Waals surface area contributed by atoms with E-state index < -0.39 is 40.4 Å². The van der Waals surface area contributed by atoms with E-state index in [4.69, 9.17) is 20.2 Å². The molecule has 0 unspecified atom stereocenters. The molecule has 13 heteroatoms. The van der Waals surface area contributed by atoms with Crippen LogP contribution in [-0.2, 0) is 16.0 Å². The van der Waals surface area contributed by atoms with Crippen molar-refractivity contribution >= 4 is 39.4 Å². The number of imidazole rings is 1. The second-order valence-electron chi connectivity index (χ2n) is 12.0. The first-order valence-electron chi connectivity index (χ1n) is 15.2. The van der Waals surface area contributed by atoms with Gasteiger partial charge in [0.2, 0.25) is 17.4 Å². The first-order valence-corrected chi connectivity index (χ1v) is 15.2. The van der Waals surface area contributed by atoms with Crippen molar-refractivity contribution in [2.45, 2.75) is 46.5 Å². The van der Waals surface area contributed by atoms with Crippen molar-refractivity contribution in [1.29, 1.82) is 0 Å². The first-order chi connectivity index (χ1) is 21.5. The number of benzene rings is 2. The highest BCUT2D eigenvalue weighted by Crippen LogP contribution is 2.32. The number of hydrogen-bond donors (Lipinski definition) is 2. The molecule has 0 atom stereocenters. The number of rotatable bonds is 12. The van der Waals surface area contributed by atoms with E-state index in [1.54, 1.807) is 0 Å². The maximum atomic E-state index is 13.9. The summed E-state index contributed by atoms with van der Waals surface area (Å²) < 4.78 is 65.2. The van der Waals surface area contributed by atoms with Gasteiger partial charge >= 0.3 is 5.97 Å². The molecule has 3 N–H and O–H groups in total. The van der Waals surface area contributed by atoms with E-state index in [1.807, 2.05) is 6.07 Å². The number of aromatic nitrogens is 3. The monoisotopic (exact) mass is 630 g/mol. The predicted molar refractivity (Wildman–Crippen MR) is 164 cm³/mol. The van der Waals surface area contributed by atoms with Crippen LogP contribution in [0.1, 0.15) is 45.9 Å². The largest absolute Gasteiger partial charge is 0.420 e. The van der Waals surface area contributed by atoms with Crippen LogP contribution < -0.4 is 15.4 Å². The molecule has 0 bridgehead atoms. The minimum atomic E-state index is -1.76. The smallest absolute Gasteiger partial charge is 0.317 e. The summed E-state index contributed by atoms with van der Waals surface area (Å²) in [7, 11) is 0. The Morgan fingerprint density at radius 2 is 1.73 bits per heavy atom. The standard InChI is InChI=1S/C32H38F4N6O3/c1-4-5-6-24-39-27-20-17-19(7-8-23(20)38-30(37)28(27)40-24)42-12-10-41(11-13-42)14-16-44-15-9-32(2,3)31(43)45-29-25(35)21(33)18-22(34)26(29)36/h7-8,17-18H,4-6,9-16H2,1-3H3,(H2,37,38)(H,39,40). The quantitative estimate of drug-likeness (QED) is 0.0670. The number of piperazine rings is 1. The lowest BCUT2D eigenvalue weighted by molar-refractivity contribution is -0.145. The number of nitrogens with two attached hydrogens (primary N) is 1. The van der Waals surface area contributed by atoms with Gasteiger partial charge in [0.25, 0.3) is 0 Å². The average molecular weight is 631 g/mol. The van der Waals surface area contributed by atoms with Crippen LogP contribution >= 0.6 is 0 Å². The van der Waals surface area contributed by atoms with Gasteiger partial charge in [-0.3, -0.25) is 9.69 Å². The number of aromatic amines is 1. The summed E-state index contributed by atoms with van der Waals surface area (Å²) >= 11 is 0. The van der Waals surface area contributed by atoms with Crippen molar-refractivity contribution in [2.24, 2.45) is 5.41 Å². The summed E-state index contributed by atoms with van der Waals surface area (Å²) in [5.41, 5.74) is 8.54. The molecule has 1 aliphatic rings. The number of anilines is 2. The van der Waals surface area contributed by atoms with E-state index in [-0.39, 0.29) is 19.1 Å². The minimum Gasteiger partial charge on any atom is -0.420 e. The van der Waals surface area contributed by atoms with Gasteiger partial charge in [-0.05, 0) is 44.9 Å². The molecular weight excluding hydrogens is 592 g/mol.